The normalized spacial score (nSPS) is 12.3. The molecule has 166 valence electrons. The number of imidazole rings is 1. The number of fused-ring (bicyclic) bond motifs is 1. The number of nitrogens with one attached hydrogen (secondary N) is 1. The largest absolute Gasteiger partial charge is 0.479 e. The molecule has 0 amide bonds. The summed E-state index contributed by atoms with van der Waals surface area (Å²) in [6.07, 6.45) is 4.41. The Hall–Kier alpha value is -3.95. The quantitative estimate of drug-likeness (QED) is 0.436. The van der Waals surface area contributed by atoms with Crippen molar-refractivity contribution in [3.63, 3.8) is 0 Å². The average Bonchev–Trinajstić information content (AvgIpc) is 3.43. The molecule has 3 aromatic heterocycles. The topological polar surface area (TPSA) is 128 Å². The van der Waals surface area contributed by atoms with Crippen molar-refractivity contribution in [1.82, 2.24) is 28.9 Å². The molecular weight excluding hydrogens is 412 g/mol. The molecule has 4 rings (SSSR count). The van der Waals surface area contributed by atoms with E-state index in [0.29, 0.717) is 42.9 Å². The first-order valence-electron chi connectivity index (χ1n) is 10.5. The Morgan fingerprint density at radius 3 is 2.44 bits per heavy atom. The lowest BCUT2D eigenvalue weighted by molar-refractivity contribution is -0.139. The monoisotopic (exact) mass is 436 g/mol. The number of hydrogen-bond donors (Lipinski definition) is 2. The summed E-state index contributed by atoms with van der Waals surface area (Å²) in [5.41, 5.74) is 0.828. The Morgan fingerprint density at radius 1 is 1.09 bits per heavy atom. The number of aliphatic carboxylic acids is 1. The molecule has 0 fully saturated rings. The van der Waals surface area contributed by atoms with Crippen molar-refractivity contribution in [2.24, 2.45) is 0 Å². The van der Waals surface area contributed by atoms with Crippen molar-refractivity contribution >= 4 is 17.1 Å². The number of benzene rings is 1. The van der Waals surface area contributed by atoms with Gasteiger partial charge in [0.25, 0.3) is 5.56 Å². The van der Waals surface area contributed by atoms with E-state index in [4.69, 9.17) is 0 Å². The summed E-state index contributed by atoms with van der Waals surface area (Å²) in [5, 5.41) is 14.0. The van der Waals surface area contributed by atoms with Gasteiger partial charge >= 0.3 is 11.7 Å². The molecule has 3 heterocycles. The lowest BCUT2D eigenvalue weighted by atomic mass is 10.1. The van der Waals surface area contributed by atoms with Crippen molar-refractivity contribution in [2.75, 3.05) is 0 Å². The number of carboxylic acids is 1. The number of nitrogens with zero attached hydrogens (tertiary/aromatic N) is 5. The highest BCUT2D eigenvalue weighted by Crippen LogP contribution is 2.23. The van der Waals surface area contributed by atoms with Crippen molar-refractivity contribution in [3.05, 3.63) is 69.1 Å². The van der Waals surface area contributed by atoms with Gasteiger partial charge in [-0.25, -0.2) is 14.6 Å². The molecule has 0 aliphatic rings. The first-order valence-corrected chi connectivity index (χ1v) is 10.5. The second-order valence-electron chi connectivity index (χ2n) is 7.54. The number of carbonyl (C=O) groups is 1. The molecule has 10 nitrogen and oxygen atoms in total. The van der Waals surface area contributed by atoms with Crippen LogP contribution in [0.5, 0.6) is 0 Å². The van der Waals surface area contributed by atoms with Gasteiger partial charge in [-0.3, -0.25) is 18.6 Å². The smallest absolute Gasteiger partial charge is 0.333 e. The van der Waals surface area contributed by atoms with E-state index in [9.17, 15) is 19.5 Å². The Balaban J connectivity index is 1.83. The van der Waals surface area contributed by atoms with Crippen LogP contribution >= 0.6 is 0 Å². The van der Waals surface area contributed by atoms with E-state index in [2.05, 4.69) is 15.1 Å². The number of H-pyrrole nitrogens is 1. The first-order chi connectivity index (χ1) is 15.5. The van der Waals surface area contributed by atoms with Crippen LogP contribution in [-0.4, -0.2) is 40.0 Å². The molecule has 1 atom stereocenters. The fourth-order valence-corrected chi connectivity index (χ4v) is 3.79. The fraction of sp³-hybridized carbons (Fsp3) is 0.318. The predicted octanol–water partition coefficient (Wildman–Crippen LogP) is 2.24. The summed E-state index contributed by atoms with van der Waals surface area (Å²) in [7, 11) is 0. The highest BCUT2D eigenvalue weighted by Gasteiger charge is 2.24. The van der Waals surface area contributed by atoms with E-state index in [1.807, 2.05) is 19.9 Å². The Labute approximate surface area is 182 Å². The molecule has 0 bridgehead atoms. The Bertz CT molecular complexity index is 1380. The zero-order chi connectivity index (χ0) is 22.8. The highest BCUT2D eigenvalue weighted by molar-refractivity contribution is 5.77. The van der Waals surface area contributed by atoms with Crippen molar-refractivity contribution < 1.29 is 9.90 Å². The molecule has 0 saturated heterocycles. The summed E-state index contributed by atoms with van der Waals surface area (Å²) >= 11 is 0. The minimum Gasteiger partial charge on any atom is -0.479 e. The van der Waals surface area contributed by atoms with E-state index in [1.165, 1.54) is 20.0 Å². The number of aromatic amines is 1. The van der Waals surface area contributed by atoms with Crippen molar-refractivity contribution in [1.29, 1.82) is 0 Å². The SMILES string of the molecule is CCCn1c(=O)c2[nH]c(-c3cnn(C(C(=O)O)c4ccccc4)c3)nc2n(CCC)c1=O. The van der Waals surface area contributed by atoms with Gasteiger partial charge in [0.2, 0.25) is 0 Å². The zero-order valence-corrected chi connectivity index (χ0v) is 17.9. The number of rotatable bonds is 8. The van der Waals surface area contributed by atoms with Gasteiger partial charge in [-0.2, -0.15) is 5.10 Å². The van der Waals surface area contributed by atoms with Gasteiger partial charge in [0.1, 0.15) is 11.3 Å². The molecule has 2 N–H and O–H groups in total. The van der Waals surface area contributed by atoms with Gasteiger partial charge in [-0.15, -0.1) is 0 Å². The average molecular weight is 436 g/mol. The van der Waals surface area contributed by atoms with Crippen molar-refractivity contribution in [3.8, 4) is 11.4 Å². The summed E-state index contributed by atoms with van der Waals surface area (Å²) in [5.74, 6) is -0.700. The van der Waals surface area contributed by atoms with Crippen LogP contribution in [0.3, 0.4) is 0 Å². The van der Waals surface area contributed by atoms with Crippen LogP contribution in [0, 0.1) is 0 Å². The molecule has 0 spiro atoms. The van der Waals surface area contributed by atoms with Gasteiger partial charge in [0, 0.05) is 19.3 Å². The molecule has 32 heavy (non-hydrogen) atoms. The van der Waals surface area contributed by atoms with E-state index in [0.717, 1.165) is 0 Å². The van der Waals surface area contributed by atoms with Crippen LogP contribution in [0.1, 0.15) is 38.3 Å². The Kier molecular flexibility index (Phi) is 5.76. The second-order valence-corrected chi connectivity index (χ2v) is 7.54. The van der Waals surface area contributed by atoms with Gasteiger partial charge in [-0.05, 0) is 18.4 Å². The molecule has 1 unspecified atom stereocenters. The highest BCUT2D eigenvalue weighted by atomic mass is 16.4. The molecule has 10 heteroatoms. The third-order valence-corrected chi connectivity index (χ3v) is 5.24. The van der Waals surface area contributed by atoms with Crippen LogP contribution < -0.4 is 11.2 Å². The van der Waals surface area contributed by atoms with Crippen LogP contribution in [0.15, 0.2) is 52.3 Å². The van der Waals surface area contributed by atoms with Gasteiger partial charge in [0.15, 0.2) is 11.7 Å². The van der Waals surface area contributed by atoms with Crippen molar-refractivity contribution in [2.45, 2.75) is 45.8 Å². The minimum absolute atomic E-state index is 0.243. The molecule has 4 aromatic rings. The number of aromatic nitrogens is 6. The first kappa shape index (κ1) is 21.3. The number of carboxylic acid groups (broad SMARTS) is 1. The van der Waals surface area contributed by atoms with Crippen LogP contribution in [0.2, 0.25) is 0 Å². The maximum absolute atomic E-state index is 12.9. The van der Waals surface area contributed by atoms with Crippen LogP contribution in [-0.2, 0) is 17.9 Å². The van der Waals surface area contributed by atoms with Gasteiger partial charge in [-0.1, -0.05) is 44.2 Å². The Morgan fingerprint density at radius 2 is 1.78 bits per heavy atom. The van der Waals surface area contributed by atoms with E-state index in [1.54, 1.807) is 30.5 Å². The molecule has 1 aromatic carbocycles. The maximum atomic E-state index is 12.9. The summed E-state index contributed by atoms with van der Waals surface area (Å²) in [6.45, 7) is 4.60. The standard InChI is InChI=1S/C22H24N6O4/c1-3-10-26-19-16(20(29)27(11-4-2)22(26)32)24-18(25-19)15-12-23-28(13-15)17(21(30)31)14-8-6-5-7-9-14/h5-9,12-13,17H,3-4,10-11H2,1-2H3,(H,24,25)(H,30,31). The molecule has 0 saturated carbocycles. The molecule has 0 aliphatic heterocycles. The van der Waals surface area contributed by atoms with Crippen LogP contribution in [0.4, 0.5) is 0 Å². The third kappa shape index (κ3) is 3.64. The lowest BCUT2D eigenvalue weighted by Crippen LogP contribution is -2.40. The summed E-state index contributed by atoms with van der Waals surface area (Å²) < 4.78 is 4.06. The zero-order valence-electron chi connectivity index (χ0n) is 17.9. The fourth-order valence-electron chi connectivity index (χ4n) is 3.79. The van der Waals surface area contributed by atoms with Gasteiger partial charge < -0.3 is 10.1 Å². The third-order valence-electron chi connectivity index (χ3n) is 5.24. The molecular formula is C22H24N6O4. The van der Waals surface area contributed by atoms with Crippen LogP contribution in [0.25, 0.3) is 22.6 Å². The minimum atomic E-state index is -1.05. The van der Waals surface area contributed by atoms with E-state index in [-0.39, 0.29) is 16.9 Å². The molecule has 0 aliphatic carbocycles. The van der Waals surface area contributed by atoms with E-state index < -0.39 is 17.6 Å². The van der Waals surface area contributed by atoms with E-state index >= 15 is 0 Å². The van der Waals surface area contributed by atoms with Gasteiger partial charge in [0.05, 0.1) is 11.8 Å². The maximum Gasteiger partial charge on any atom is 0.333 e. The molecule has 0 radical (unpaired) electrons. The second kappa shape index (κ2) is 8.66. The number of aryl methyl sites for hydroxylation is 1. The summed E-state index contributed by atoms with van der Waals surface area (Å²) in [6, 6.07) is 7.79. The predicted molar refractivity (Wildman–Crippen MR) is 119 cm³/mol. The summed E-state index contributed by atoms with van der Waals surface area (Å²) in [4.78, 5) is 45.2. The number of hydrogen-bond acceptors (Lipinski definition) is 5. The lowest BCUT2D eigenvalue weighted by Gasteiger charge is -2.12.